The summed E-state index contributed by atoms with van der Waals surface area (Å²) >= 11 is 0. The van der Waals surface area contributed by atoms with Crippen LogP contribution in [0.4, 0.5) is 13.2 Å². The molecule has 7 nitrogen and oxygen atoms in total. The van der Waals surface area contributed by atoms with Crippen molar-refractivity contribution >= 4 is 10.0 Å². The summed E-state index contributed by atoms with van der Waals surface area (Å²) in [6.07, 6.45) is 1.47. The summed E-state index contributed by atoms with van der Waals surface area (Å²) < 4.78 is 72.5. The molecule has 0 radical (unpaired) electrons. The SMILES string of the molecule is O=S(=O)(c1cccc(C(F)(F)F)c1)N1CCN2C[C@H](Oc3cncc(C4CC4)n3)C[C@H]2C1. The fourth-order valence-electron chi connectivity index (χ4n) is 4.42. The minimum absolute atomic E-state index is 0.0612. The number of benzene rings is 1. The van der Waals surface area contributed by atoms with Gasteiger partial charge in [0.2, 0.25) is 15.9 Å². The maximum atomic E-state index is 13.0. The van der Waals surface area contributed by atoms with Crippen molar-refractivity contribution in [3.63, 3.8) is 0 Å². The molecule has 1 aromatic carbocycles. The highest BCUT2D eigenvalue weighted by atomic mass is 32.2. The van der Waals surface area contributed by atoms with Crippen LogP contribution in [0.25, 0.3) is 0 Å². The van der Waals surface area contributed by atoms with Gasteiger partial charge in [0.15, 0.2) is 0 Å². The van der Waals surface area contributed by atoms with Crippen LogP contribution < -0.4 is 4.74 Å². The Morgan fingerprint density at radius 2 is 1.91 bits per heavy atom. The fraction of sp³-hybridized carbons (Fsp3) is 0.524. The van der Waals surface area contributed by atoms with Gasteiger partial charge in [-0.15, -0.1) is 0 Å². The molecular weight excluding hydrogens is 445 g/mol. The van der Waals surface area contributed by atoms with Gasteiger partial charge in [-0.2, -0.15) is 17.5 Å². The van der Waals surface area contributed by atoms with E-state index >= 15 is 0 Å². The topological polar surface area (TPSA) is 75.6 Å². The Labute approximate surface area is 184 Å². The molecule has 2 aromatic rings. The molecule has 11 heteroatoms. The number of alkyl halides is 3. The minimum Gasteiger partial charge on any atom is -0.472 e. The van der Waals surface area contributed by atoms with Crippen LogP contribution in [-0.2, 0) is 16.2 Å². The number of fused-ring (bicyclic) bond motifs is 1. The molecule has 1 aromatic heterocycles. The molecule has 172 valence electrons. The zero-order chi connectivity index (χ0) is 22.5. The molecule has 5 rings (SSSR count). The van der Waals surface area contributed by atoms with Crippen molar-refractivity contribution in [2.45, 2.75) is 48.4 Å². The highest BCUT2D eigenvalue weighted by Crippen LogP contribution is 2.39. The first-order valence-electron chi connectivity index (χ1n) is 10.6. The third kappa shape index (κ3) is 4.33. The zero-order valence-electron chi connectivity index (χ0n) is 17.2. The number of nitrogens with zero attached hydrogens (tertiary/aromatic N) is 4. The van der Waals surface area contributed by atoms with Crippen LogP contribution in [0.1, 0.15) is 36.4 Å². The van der Waals surface area contributed by atoms with E-state index in [1.807, 2.05) is 0 Å². The minimum atomic E-state index is -4.60. The lowest BCUT2D eigenvalue weighted by molar-refractivity contribution is -0.137. The average Bonchev–Trinajstić information content (AvgIpc) is 3.53. The molecule has 1 aliphatic carbocycles. The van der Waals surface area contributed by atoms with Crippen LogP contribution >= 0.6 is 0 Å². The Kier molecular flexibility index (Phi) is 5.37. The lowest BCUT2D eigenvalue weighted by atomic mass is 10.2. The van der Waals surface area contributed by atoms with E-state index in [0.29, 0.717) is 37.4 Å². The number of ether oxygens (including phenoxy) is 1. The van der Waals surface area contributed by atoms with Crippen molar-refractivity contribution in [2.24, 2.45) is 0 Å². The van der Waals surface area contributed by atoms with Crippen LogP contribution in [0.15, 0.2) is 41.6 Å². The largest absolute Gasteiger partial charge is 0.472 e. The van der Waals surface area contributed by atoms with Gasteiger partial charge in [-0.1, -0.05) is 6.07 Å². The van der Waals surface area contributed by atoms with Crippen molar-refractivity contribution < 1.29 is 26.3 Å². The summed E-state index contributed by atoms with van der Waals surface area (Å²) in [5.41, 5.74) is -0.0299. The number of hydrogen-bond donors (Lipinski definition) is 0. The van der Waals surface area contributed by atoms with E-state index < -0.39 is 21.8 Å². The van der Waals surface area contributed by atoms with Gasteiger partial charge in [-0.05, 0) is 31.0 Å². The second-order valence-corrected chi connectivity index (χ2v) is 10.5. The lowest BCUT2D eigenvalue weighted by Crippen LogP contribution is -2.51. The van der Waals surface area contributed by atoms with Crippen LogP contribution in [0.2, 0.25) is 0 Å². The number of hydrogen-bond acceptors (Lipinski definition) is 6. The molecule has 3 heterocycles. The summed E-state index contributed by atoms with van der Waals surface area (Å²) in [6, 6.07) is 3.85. The van der Waals surface area contributed by atoms with Crippen molar-refractivity contribution in [2.75, 3.05) is 26.2 Å². The third-order valence-corrected chi connectivity index (χ3v) is 8.11. The van der Waals surface area contributed by atoms with Crippen molar-refractivity contribution in [3.8, 4) is 5.88 Å². The highest BCUT2D eigenvalue weighted by Gasteiger charge is 2.41. The Balaban J connectivity index is 1.26. The number of piperazine rings is 1. The van der Waals surface area contributed by atoms with Crippen LogP contribution in [0.3, 0.4) is 0 Å². The second kappa shape index (κ2) is 7.96. The van der Waals surface area contributed by atoms with Gasteiger partial charge in [-0.25, -0.2) is 13.4 Å². The van der Waals surface area contributed by atoms with Crippen LogP contribution in [0.5, 0.6) is 5.88 Å². The van der Waals surface area contributed by atoms with Crippen LogP contribution in [-0.4, -0.2) is 65.9 Å². The number of sulfonamides is 1. The summed E-state index contributed by atoms with van der Waals surface area (Å²) in [5, 5.41) is 0. The Morgan fingerprint density at radius 1 is 1.09 bits per heavy atom. The number of aromatic nitrogens is 2. The molecule has 0 spiro atoms. The fourth-order valence-corrected chi connectivity index (χ4v) is 5.93. The van der Waals surface area contributed by atoms with Gasteiger partial charge < -0.3 is 4.74 Å². The predicted molar refractivity (Wildman–Crippen MR) is 109 cm³/mol. The maximum absolute atomic E-state index is 13.0. The summed E-state index contributed by atoms with van der Waals surface area (Å²) in [4.78, 5) is 10.6. The van der Waals surface area contributed by atoms with Crippen LogP contribution in [0, 0.1) is 0 Å². The average molecular weight is 469 g/mol. The van der Waals surface area contributed by atoms with E-state index in [0.717, 1.165) is 30.7 Å². The summed E-state index contributed by atoms with van der Waals surface area (Å²) in [5.74, 6) is 0.947. The Bertz CT molecular complexity index is 1110. The monoisotopic (exact) mass is 468 g/mol. The van der Waals surface area contributed by atoms with E-state index in [2.05, 4.69) is 14.9 Å². The first kappa shape index (κ1) is 21.6. The molecule has 2 atom stereocenters. The molecule has 3 fully saturated rings. The molecule has 1 saturated carbocycles. The van der Waals surface area contributed by atoms with Gasteiger partial charge in [0.25, 0.3) is 0 Å². The molecule has 2 aliphatic heterocycles. The predicted octanol–water partition coefficient (Wildman–Crippen LogP) is 2.90. The van der Waals surface area contributed by atoms with Crippen molar-refractivity contribution in [3.05, 3.63) is 47.9 Å². The highest BCUT2D eigenvalue weighted by molar-refractivity contribution is 7.89. The van der Waals surface area contributed by atoms with E-state index in [9.17, 15) is 21.6 Å². The molecule has 3 aliphatic rings. The normalized spacial score (nSPS) is 25.0. The van der Waals surface area contributed by atoms with Crippen molar-refractivity contribution in [1.82, 2.24) is 19.2 Å². The van der Waals surface area contributed by atoms with Gasteiger partial charge in [-0.3, -0.25) is 9.88 Å². The quantitative estimate of drug-likeness (QED) is 0.672. The molecule has 2 saturated heterocycles. The first-order valence-corrected chi connectivity index (χ1v) is 12.0. The Hall–Kier alpha value is -2.24. The third-order valence-electron chi connectivity index (χ3n) is 6.25. The van der Waals surface area contributed by atoms with E-state index in [1.165, 1.54) is 10.4 Å². The van der Waals surface area contributed by atoms with Gasteiger partial charge in [0, 0.05) is 50.8 Å². The van der Waals surface area contributed by atoms with E-state index in [4.69, 9.17) is 4.74 Å². The summed E-state index contributed by atoms with van der Waals surface area (Å²) in [7, 11) is -4.02. The lowest BCUT2D eigenvalue weighted by Gasteiger charge is -2.36. The molecule has 0 amide bonds. The van der Waals surface area contributed by atoms with E-state index in [1.54, 1.807) is 12.4 Å². The van der Waals surface area contributed by atoms with Crippen molar-refractivity contribution in [1.29, 1.82) is 0 Å². The first-order chi connectivity index (χ1) is 15.2. The molecular formula is C21H23F3N4O3S. The van der Waals surface area contributed by atoms with Gasteiger partial charge >= 0.3 is 6.18 Å². The second-order valence-electron chi connectivity index (χ2n) is 8.57. The molecule has 0 bridgehead atoms. The molecule has 0 N–H and O–H groups in total. The molecule has 0 unspecified atom stereocenters. The Morgan fingerprint density at radius 3 is 2.66 bits per heavy atom. The number of rotatable bonds is 5. The van der Waals surface area contributed by atoms with E-state index in [-0.39, 0.29) is 30.1 Å². The van der Waals surface area contributed by atoms with Gasteiger partial charge in [0.1, 0.15) is 6.10 Å². The number of halogens is 3. The molecule has 32 heavy (non-hydrogen) atoms. The summed E-state index contributed by atoms with van der Waals surface area (Å²) in [6.45, 7) is 1.58. The van der Waals surface area contributed by atoms with Gasteiger partial charge in [0.05, 0.1) is 22.3 Å². The maximum Gasteiger partial charge on any atom is 0.416 e. The zero-order valence-corrected chi connectivity index (χ0v) is 18.0. The standard InChI is InChI=1S/C21H23F3N4O3S/c22-21(23,24)15-2-1-3-18(8-15)32(29,30)28-7-6-27-13-17(9-16(27)12-28)31-20-11-25-10-19(26-20)14-4-5-14/h1-3,8,10-11,14,16-17H,4-7,9,12-13H2/t16-,17+/m0/s1. The smallest absolute Gasteiger partial charge is 0.416 e.